The van der Waals surface area contributed by atoms with Gasteiger partial charge in [-0.2, -0.15) is 19.8 Å². The molecule has 0 saturated carbocycles. The summed E-state index contributed by atoms with van der Waals surface area (Å²) in [7, 11) is -2.10. The second-order valence-corrected chi connectivity index (χ2v) is 10.5. The van der Waals surface area contributed by atoms with Gasteiger partial charge in [-0.3, -0.25) is 4.79 Å². The van der Waals surface area contributed by atoms with E-state index in [2.05, 4.69) is 4.99 Å². The Morgan fingerprint density at radius 3 is 2.27 bits per heavy atom. The van der Waals surface area contributed by atoms with E-state index in [1.807, 2.05) is 25.1 Å². The number of carbonyl (C=O) groups excluding carboxylic acids is 1. The minimum absolute atomic E-state index is 0.00971. The van der Waals surface area contributed by atoms with Gasteiger partial charge in [0, 0.05) is 38.5 Å². The van der Waals surface area contributed by atoms with Gasteiger partial charge in [-0.25, -0.2) is 8.42 Å². The van der Waals surface area contributed by atoms with Gasteiger partial charge < -0.3 is 4.57 Å². The average molecular weight is 502 g/mol. The highest BCUT2D eigenvalue weighted by atomic mass is 35.5. The summed E-state index contributed by atoms with van der Waals surface area (Å²) < 4.78 is 29.6. The van der Waals surface area contributed by atoms with Crippen molar-refractivity contribution in [2.24, 2.45) is 12.0 Å². The van der Waals surface area contributed by atoms with Crippen molar-refractivity contribution < 1.29 is 13.2 Å². The van der Waals surface area contributed by atoms with Crippen molar-refractivity contribution in [3.05, 3.63) is 57.3 Å². The SMILES string of the molecule is Cc1ccc(Cl)c2sc(=NC(=O)c3ccc(S(=O)(=O)N(CCC#N)CCC#N)cc3)n(C)c12. The van der Waals surface area contributed by atoms with Gasteiger partial charge in [0.25, 0.3) is 5.91 Å². The zero-order chi connectivity index (χ0) is 24.2. The van der Waals surface area contributed by atoms with Crippen LogP contribution in [-0.4, -0.2) is 36.3 Å². The highest BCUT2D eigenvalue weighted by Crippen LogP contribution is 2.28. The fraction of sp³-hybridized carbons (Fsp3) is 0.273. The van der Waals surface area contributed by atoms with Gasteiger partial charge in [0.2, 0.25) is 10.0 Å². The molecule has 0 aliphatic carbocycles. The molecule has 8 nitrogen and oxygen atoms in total. The van der Waals surface area contributed by atoms with Gasteiger partial charge in [-0.1, -0.05) is 29.0 Å². The third-order valence-electron chi connectivity index (χ3n) is 4.98. The Hall–Kier alpha value is -3.02. The van der Waals surface area contributed by atoms with Crippen molar-refractivity contribution in [3.8, 4) is 12.1 Å². The molecule has 170 valence electrons. The van der Waals surface area contributed by atoms with Crippen LogP contribution in [0.4, 0.5) is 0 Å². The summed E-state index contributed by atoms with van der Waals surface area (Å²) in [5.41, 5.74) is 2.14. The first-order valence-corrected chi connectivity index (χ1v) is 12.5. The van der Waals surface area contributed by atoms with Crippen molar-refractivity contribution in [2.45, 2.75) is 24.7 Å². The van der Waals surface area contributed by atoms with Crippen LogP contribution in [0.25, 0.3) is 10.2 Å². The Bertz CT molecular complexity index is 1440. The van der Waals surface area contributed by atoms with E-state index in [-0.39, 0.29) is 36.4 Å². The Morgan fingerprint density at radius 2 is 1.73 bits per heavy atom. The zero-order valence-corrected chi connectivity index (χ0v) is 20.3. The highest BCUT2D eigenvalue weighted by Gasteiger charge is 2.24. The minimum atomic E-state index is -3.91. The lowest BCUT2D eigenvalue weighted by Crippen LogP contribution is -2.32. The lowest BCUT2D eigenvalue weighted by molar-refractivity contribution is 0.0998. The van der Waals surface area contributed by atoms with Crippen LogP contribution in [0.3, 0.4) is 0 Å². The molecule has 0 atom stereocenters. The van der Waals surface area contributed by atoms with E-state index < -0.39 is 15.9 Å². The van der Waals surface area contributed by atoms with E-state index in [0.29, 0.717) is 9.82 Å². The van der Waals surface area contributed by atoms with Gasteiger partial charge in [0.05, 0.1) is 32.3 Å². The predicted octanol–water partition coefficient (Wildman–Crippen LogP) is 3.76. The number of amides is 1. The summed E-state index contributed by atoms with van der Waals surface area (Å²) >= 11 is 7.59. The molecule has 0 unspecified atom stereocenters. The maximum atomic E-state index is 12.9. The molecule has 0 aliphatic rings. The van der Waals surface area contributed by atoms with Gasteiger partial charge in [0.1, 0.15) is 0 Å². The Morgan fingerprint density at radius 1 is 1.12 bits per heavy atom. The number of sulfonamides is 1. The molecule has 3 rings (SSSR count). The van der Waals surface area contributed by atoms with E-state index in [1.54, 1.807) is 17.7 Å². The molecule has 0 N–H and O–H groups in total. The molecule has 33 heavy (non-hydrogen) atoms. The van der Waals surface area contributed by atoms with E-state index in [0.717, 1.165) is 20.1 Å². The number of aromatic nitrogens is 1. The number of hydrogen-bond donors (Lipinski definition) is 0. The zero-order valence-electron chi connectivity index (χ0n) is 17.9. The second kappa shape index (κ2) is 10.3. The number of benzene rings is 2. The molecule has 1 heterocycles. The fourth-order valence-electron chi connectivity index (χ4n) is 3.28. The Balaban J connectivity index is 1.92. The molecular weight excluding hydrogens is 482 g/mol. The molecule has 3 aromatic rings. The van der Waals surface area contributed by atoms with Crippen LogP contribution >= 0.6 is 22.9 Å². The van der Waals surface area contributed by atoms with Crippen molar-refractivity contribution in [2.75, 3.05) is 13.1 Å². The van der Waals surface area contributed by atoms with Gasteiger partial charge in [-0.05, 0) is 42.8 Å². The van der Waals surface area contributed by atoms with E-state index in [9.17, 15) is 13.2 Å². The summed E-state index contributed by atoms with van der Waals surface area (Å²) in [6.45, 7) is 1.93. The second-order valence-electron chi connectivity index (χ2n) is 7.15. The number of nitriles is 2. The van der Waals surface area contributed by atoms with Crippen molar-refractivity contribution in [1.29, 1.82) is 10.5 Å². The van der Waals surface area contributed by atoms with Crippen molar-refractivity contribution in [3.63, 3.8) is 0 Å². The predicted molar refractivity (Wildman–Crippen MR) is 126 cm³/mol. The van der Waals surface area contributed by atoms with Crippen molar-refractivity contribution in [1.82, 2.24) is 8.87 Å². The Labute approximate surface area is 200 Å². The first-order valence-electron chi connectivity index (χ1n) is 9.88. The highest BCUT2D eigenvalue weighted by molar-refractivity contribution is 7.89. The molecule has 0 fully saturated rings. The third-order valence-corrected chi connectivity index (χ3v) is 8.49. The molecule has 0 bridgehead atoms. The van der Waals surface area contributed by atoms with Crippen LogP contribution in [0.5, 0.6) is 0 Å². The molecule has 0 radical (unpaired) electrons. The standard InChI is InChI=1S/C22H20ClN5O3S2/c1-15-5-10-18(23)20-19(15)27(2)22(32-20)26-21(29)16-6-8-17(9-7-16)33(30,31)28(13-3-11-24)14-4-12-25/h5-10H,3-4,13-14H2,1-2H3. The molecule has 11 heteroatoms. The van der Waals surface area contributed by atoms with E-state index in [4.69, 9.17) is 22.1 Å². The van der Waals surface area contributed by atoms with E-state index in [1.165, 1.54) is 35.6 Å². The first kappa shape index (κ1) is 24.6. The smallest absolute Gasteiger partial charge is 0.279 e. The number of thiazole rings is 1. The van der Waals surface area contributed by atoms with Crippen LogP contribution in [0.1, 0.15) is 28.8 Å². The fourth-order valence-corrected chi connectivity index (χ4v) is 6.09. The number of rotatable bonds is 7. The van der Waals surface area contributed by atoms with Gasteiger partial charge >= 0.3 is 0 Å². The average Bonchev–Trinajstić information content (AvgIpc) is 3.13. The number of hydrogen-bond acceptors (Lipinski definition) is 6. The van der Waals surface area contributed by atoms with Gasteiger partial charge in [0.15, 0.2) is 4.80 Å². The molecule has 1 aromatic heterocycles. The normalized spacial score (nSPS) is 12.1. The summed E-state index contributed by atoms with van der Waals surface area (Å²) in [6.07, 6.45) is 0.0194. The monoisotopic (exact) mass is 501 g/mol. The maximum Gasteiger partial charge on any atom is 0.279 e. The van der Waals surface area contributed by atoms with Gasteiger partial charge in [-0.15, -0.1) is 0 Å². The van der Waals surface area contributed by atoms with Crippen LogP contribution in [-0.2, 0) is 17.1 Å². The van der Waals surface area contributed by atoms with E-state index >= 15 is 0 Å². The van der Waals surface area contributed by atoms with Crippen LogP contribution in [0.15, 0.2) is 46.3 Å². The minimum Gasteiger partial charge on any atom is -0.319 e. The van der Waals surface area contributed by atoms with Crippen LogP contribution in [0, 0.1) is 29.6 Å². The number of carbonyl (C=O) groups is 1. The van der Waals surface area contributed by atoms with Crippen molar-refractivity contribution >= 4 is 49.1 Å². The number of halogens is 1. The lowest BCUT2D eigenvalue weighted by atomic mass is 10.2. The molecular formula is C22H20ClN5O3S2. The number of aryl methyl sites for hydroxylation is 2. The number of nitrogens with zero attached hydrogens (tertiary/aromatic N) is 5. The largest absolute Gasteiger partial charge is 0.319 e. The molecule has 2 aromatic carbocycles. The van der Waals surface area contributed by atoms with Crippen LogP contribution < -0.4 is 4.80 Å². The first-order chi connectivity index (χ1) is 15.7. The summed E-state index contributed by atoms with van der Waals surface area (Å²) in [6, 6.07) is 13.0. The molecule has 0 saturated heterocycles. The quantitative estimate of drug-likeness (QED) is 0.488. The number of fused-ring (bicyclic) bond motifs is 1. The third kappa shape index (κ3) is 5.15. The summed E-state index contributed by atoms with van der Waals surface area (Å²) in [5, 5.41) is 18.2. The van der Waals surface area contributed by atoms with Crippen LogP contribution in [0.2, 0.25) is 5.02 Å². The summed E-state index contributed by atoms with van der Waals surface area (Å²) in [4.78, 5) is 17.4. The Kier molecular flexibility index (Phi) is 7.67. The maximum absolute atomic E-state index is 12.9. The molecule has 0 aliphatic heterocycles. The molecule has 1 amide bonds. The molecule has 0 spiro atoms. The summed E-state index contributed by atoms with van der Waals surface area (Å²) in [5.74, 6) is -0.513. The topological polar surface area (TPSA) is 119 Å². The lowest BCUT2D eigenvalue weighted by Gasteiger charge is -2.20.